The maximum atomic E-state index is 11.9. The van der Waals surface area contributed by atoms with Crippen LogP contribution in [-0.2, 0) is 16.7 Å². The van der Waals surface area contributed by atoms with Crippen LogP contribution in [0.3, 0.4) is 0 Å². The molecule has 0 amide bonds. The van der Waals surface area contributed by atoms with Gasteiger partial charge in [0.25, 0.3) is 6.43 Å². The lowest BCUT2D eigenvalue weighted by Gasteiger charge is -2.20. The maximum absolute atomic E-state index is 11.9. The molecule has 1 aliphatic rings. The number of ether oxygens (including phenoxy) is 1. The van der Waals surface area contributed by atoms with Gasteiger partial charge in [-0.2, -0.15) is 0 Å². The van der Waals surface area contributed by atoms with Crippen molar-refractivity contribution in [1.29, 1.82) is 0 Å². The zero-order valence-electron chi connectivity index (χ0n) is 10.2. The molecule has 1 aromatic heterocycles. The number of hydrogen-bond donors (Lipinski definition) is 1. The molecule has 0 atom stereocenters. The van der Waals surface area contributed by atoms with Crippen molar-refractivity contribution in [2.45, 2.75) is 44.1 Å². The number of aromatic nitrogens is 1. The van der Waals surface area contributed by atoms with E-state index in [0.717, 1.165) is 36.4 Å². The van der Waals surface area contributed by atoms with Gasteiger partial charge < -0.3 is 10.5 Å². The van der Waals surface area contributed by atoms with Gasteiger partial charge in [-0.3, -0.25) is 0 Å². The summed E-state index contributed by atoms with van der Waals surface area (Å²) in [6, 6.07) is 0. The summed E-state index contributed by atoms with van der Waals surface area (Å²) in [7, 11) is 0. The van der Waals surface area contributed by atoms with Gasteiger partial charge in [-0.1, -0.05) is 12.8 Å². The fourth-order valence-corrected chi connectivity index (χ4v) is 3.14. The summed E-state index contributed by atoms with van der Waals surface area (Å²) in [5.41, 5.74) is 6.99. The number of nitrogens with zero attached hydrogens (tertiary/aromatic N) is 1. The Morgan fingerprint density at radius 1 is 1.44 bits per heavy atom. The average molecular weight is 276 g/mol. The van der Waals surface area contributed by atoms with Crippen molar-refractivity contribution in [1.82, 2.24) is 4.98 Å². The molecule has 2 rings (SSSR count). The average Bonchev–Trinajstić information content (AvgIpc) is 2.94. The van der Waals surface area contributed by atoms with Crippen LogP contribution in [0.2, 0.25) is 0 Å². The number of thiazole rings is 1. The standard InChI is InChI=1S/C12H18F2N2OS/c13-10(14)7-17-6-3-11-16-9(8-18-11)12(15)4-1-2-5-12/h8,10H,1-7,15H2. The normalized spacial score (nSPS) is 18.7. The molecule has 0 bridgehead atoms. The summed E-state index contributed by atoms with van der Waals surface area (Å²) in [4.78, 5) is 4.51. The van der Waals surface area contributed by atoms with Gasteiger partial charge in [0.2, 0.25) is 0 Å². The largest absolute Gasteiger partial charge is 0.375 e. The number of halogens is 2. The second kappa shape index (κ2) is 6.04. The Morgan fingerprint density at radius 3 is 2.83 bits per heavy atom. The van der Waals surface area contributed by atoms with E-state index in [-0.39, 0.29) is 12.1 Å². The van der Waals surface area contributed by atoms with Gasteiger partial charge in [0.05, 0.1) is 22.8 Å². The van der Waals surface area contributed by atoms with Gasteiger partial charge >= 0.3 is 0 Å². The minimum absolute atomic E-state index is 0.265. The van der Waals surface area contributed by atoms with Gasteiger partial charge in [0.15, 0.2) is 0 Å². The number of nitrogens with two attached hydrogens (primary N) is 1. The molecule has 2 N–H and O–H groups in total. The van der Waals surface area contributed by atoms with E-state index in [1.807, 2.05) is 5.38 Å². The molecule has 3 nitrogen and oxygen atoms in total. The van der Waals surface area contributed by atoms with Crippen molar-refractivity contribution >= 4 is 11.3 Å². The first-order valence-electron chi connectivity index (χ1n) is 6.20. The van der Waals surface area contributed by atoms with Gasteiger partial charge in [0.1, 0.15) is 6.61 Å². The SMILES string of the molecule is NC1(c2csc(CCOCC(F)F)n2)CCCC1. The van der Waals surface area contributed by atoms with E-state index < -0.39 is 13.0 Å². The molecule has 18 heavy (non-hydrogen) atoms. The highest BCUT2D eigenvalue weighted by molar-refractivity contribution is 7.09. The summed E-state index contributed by atoms with van der Waals surface area (Å²) < 4.78 is 28.6. The summed E-state index contributed by atoms with van der Waals surface area (Å²) >= 11 is 1.54. The van der Waals surface area contributed by atoms with Gasteiger partial charge in [-0.25, -0.2) is 13.8 Å². The van der Waals surface area contributed by atoms with E-state index in [9.17, 15) is 8.78 Å². The Hall–Kier alpha value is -0.590. The van der Waals surface area contributed by atoms with Crippen molar-refractivity contribution in [2.75, 3.05) is 13.2 Å². The Morgan fingerprint density at radius 2 is 2.17 bits per heavy atom. The molecule has 1 fully saturated rings. The second-order valence-corrected chi connectivity index (χ2v) is 5.65. The molecule has 6 heteroatoms. The fourth-order valence-electron chi connectivity index (χ4n) is 2.25. The molecular formula is C12H18F2N2OS. The van der Waals surface area contributed by atoms with Crippen LogP contribution in [0.5, 0.6) is 0 Å². The van der Waals surface area contributed by atoms with Crippen molar-refractivity contribution in [2.24, 2.45) is 5.73 Å². The van der Waals surface area contributed by atoms with Crippen LogP contribution < -0.4 is 5.73 Å². The summed E-state index contributed by atoms with van der Waals surface area (Å²) in [6.07, 6.45) is 2.45. The molecular weight excluding hydrogens is 258 g/mol. The lowest BCUT2D eigenvalue weighted by atomic mass is 9.96. The van der Waals surface area contributed by atoms with E-state index in [1.54, 1.807) is 0 Å². The first-order chi connectivity index (χ1) is 8.60. The highest BCUT2D eigenvalue weighted by Crippen LogP contribution is 2.36. The van der Waals surface area contributed by atoms with Crippen LogP contribution in [0.15, 0.2) is 5.38 Å². The number of rotatable bonds is 6. The molecule has 0 aliphatic heterocycles. The summed E-state index contributed by atoms with van der Waals surface area (Å²) in [5.74, 6) is 0. The third-order valence-corrected chi connectivity index (χ3v) is 4.17. The molecule has 0 spiro atoms. The molecule has 0 unspecified atom stereocenters. The first-order valence-corrected chi connectivity index (χ1v) is 7.08. The van der Waals surface area contributed by atoms with Crippen molar-refractivity contribution in [3.63, 3.8) is 0 Å². The van der Waals surface area contributed by atoms with Gasteiger partial charge in [-0.15, -0.1) is 11.3 Å². The van der Waals surface area contributed by atoms with Crippen molar-refractivity contribution in [3.8, 4) is 0 Å². The molecule has 102 valence electrons. The minimum atomic E-state index is -2.40. The van der Waals surface area contributed by atoms with E-state index in [4.69, 9.17) is 10.5 Å². The lowest BCUT2D eigenvalue weighted by Crippen LogP contribution is -2.33. The Labute approximate surface area is 109 Å². The molecule has 1 aromatic rings. The van der Waals surface area contributed by atoms with Crippen molar-refractivity contribution < 1.29 is 13.5 Å². The Kier molecular flexibility index (Phi) is 4.64. The molecule has 0 saturated heterocycles. The topological polar surface area (TPSA) is 48.1 Å². The Balaban J connectivity index is 1.83. The van der Waals surface area contributed by atoms with Gasteiger partial charge in [0, 0.05) is 11.8 Å². The number of alkyl halides is 2. The monoisotopic (exact) mass is 276 g/mol. The third kappa shape index (κ3) is 3.46. The predicted octanol–water partition coefficient (Wildman–Crippen LogP) is 2.70. The zero-order valence-corrected chi connectivity index (χ0v) is 11.0. The van der Waals surface area contributed by atoms with Crippen LogP contribution in [-0.4, -0.2) is 24.6 Å². The summed E-state index contributed by atoms with van der Waals surface area (Å²) in [5, 5.41) is 2.91. The van der Waals surface area contributed by atoms with E-state index >= 15 is 0 Å². The van der Waals surface area contributed by atoms with Crippen molar-refractivity contribution in [3.05, 3.63) is 16.1 Å². The van der Waals surface area contributed by atoms with E-state index in [0.29, 0.717) is 6.42 Å². The van der Waals surface area contributed by atoms with Crippen LogP contribution in [0, 0.1) is 0 Å². The molecule has 1 saturated carbocycles. The second-order valence-electron chi connectivity index (χ2n) is 4.71. The van der Waals surface area contributed by atoms with Crippen LogP contribution >= 0.6 is 11.3 Å². The van der Waals surface area contributed by atoms with E-state index in [2.05, 4.69) is 4.98 Å². The first kappa shape index (κ1) is 13.8. The fraction of sp³-hybridized carbons (Fsp3) is 0.750. The summed E-state index contributed by atoms with van der Waals surface area (Å²) in [6.45, 7) is -0.214. The predicted molar refractivity (Wildman–Crippen MR) is 67.0 cm³/mol. The quantitative estimate of drug-likeness (QED) is 0.813. The molecule has 0 radical (unpaired) electrons. The van der Waals surface area contributed by atoms with Crippen LogP contribution in [0.25, 0.3) is 0 Å². The third-order valence-electron chi connectivity index (χ3n) is 3.26. The lowest BCUT2D eigenvalue weighted by molar-refractivity contribution is 0.0187. The Bertz CT molecular complexity index is 378. The number of hydrogen-bond acceptors (Lipinski definition) is 4. The zero-order chi connectivity index (χ0) is 13.0. The minimum Gasteiger partial charge on any atom is -0.375 e. The molecule has 1 aliphatic carbocycles. The molecule has 0 aromatic carbocycles. The smallest absolute Gasteiger partial charge is 0.261 e. The van der Waals surface area contributed by atoms with Crippen LogP contribution in [0.4, 0.5) is 8.78 Å². The maximum Gasteiger partial charge on any atom is 0.261 e. The van der Waals surface area contributed by atoms with Gasteiger partial charge in [-0.05, 0) is 12.8 Å². The molecule has 1 heterocycles. The van der Waals surface area contributed by atoms with Crippen LogP contribution in [0.1, 0.15) is 36.4 Å². The van der Waals surface area contributed by atoms with E-state index in [1.165, 1.54) is 11.3 Å². The highest BCUT2D eigenvalue weighted by atomic mass is 32.1. The highest BCUT2D eigenvalue weighted by Gasteiger charge is 2.33.